The van der Waals surface area contributed by atoms with Crippen LogP contribution in [0.4, 0.5) is 0 Å². The maximum absolute atomic E-state index is 12.3. The fourth-order valence-corrected chi connectivity index (χ4v) is 2.16. The van der Waals surface area contributed by atoms with Crippen LogP contribution in [-0.2, 0) is 4.74 Å². The second kappa shape index (κ2) is 7.56. The summed E-state index contributed by atoms with van der Waals surface area (Å²) in [5.74, 6) is -0.841. The number of benzene rings is 2. The van der Waals surface area contributed by atoms with E-state index in [-0.39, 0.29) is 36.1 Å². The van der Waals surface area contributed by atoms with E-state index in [0.717, 1.165) is 0 Å². The number of phenols is 1. The minimum absolute atomic E-state index is 0.0466. The van der Waals surface area contributed by atoms with Crippen molar-refractivity contribution >= 4 is 11.6 Å². The van der Waals surface area contributed by atoms with Gasteiger partial charge >= 0.3 is 0 Å². The molecule has 23 heavy (non-hydrogen) atoms. The summed E-state index contributed by atoms with van der Waals surface area (Å²) in [4.78, 5) is 24.4. The first-order valence-corrected chi connectivity index (χ1v) is 7.10. The third-order valence-corrected chi connectivity index (χ3v) is 3.37. The lowest BCUT2D eigenvalue weighted by Gasteiger charge is -2.12. The van der Waals surface area contributed by atoms with Crippen LogP contribution in [0.25, 0.3) is 0 Å². The van der Waals surface area contributed by atoms with Gasteiger partial charge in [0.2, 0.25) is 0 Å². The summed E-state index contributed by atoms with van der Waals surface area (Å²) >= 11 is 0. The lowest BCUT2D eigenvalue weighted by Crippen LogP contribution is -2.10. The molecule has 0 aliphatic heterocycles. The van der Waals surface area contributed by atoms with E-state index in [0.29, 0.717) is 11.1 Å². The molecule has 0 aliphatic rings. The van der Waals surface area contributed by atoms with Crippen LogP contribution >= 0.6 is 0 Å². The quantitative estimate of drug-likeness (QED) is 0.483. The van der Waals surface area contributed by atoms with Gasteiger partial charge in [-0.1, -0.05) is 36.4 Å². The highest BCUT2D eigenvalue weighted by molar-refractivity contribution is 6.14. The number of ether oxygens (including phenoxy) is 2. The minimum atomic E-state index is -0.460. The van der Waals surface area contributed by atoms with Crippen molar-refractivity contribution in [2.24, 2.45) is 0 Å². The van der Waals surface area contributed by atoms with E-state index in [1.54, 1.807) is 43.3 Å². The highest BCUT2D eigenvalue weighted by atomic mass is 16.7. The van der Waals surface area contributed by atoms with E-state index < -0.39 is 5.78 Å². The Labute approximate surface area is 134 Å². The smallest absolute Gasteiger partial charge is 0.188 e. The van der Waals surface area contributed by atoms with Crippen LogP contribution in [0.2, 0.25) is 0 Å². The second-order valence-electron chi connectivity index (χ2n) is 5.05. The van der Waals surface area contributed by atoms with Crippen LogP contribution in [-0.4, -0.2) is 30.6 Å². The Balaban J connectivity index is 2.21. The number of hydrogen-bond acceptors (Lipinski definition) is 5. The summed E-state index contributed by atoms with van der Waals surface area (Å²) in [6.07, 6.45) is -0.315. The molecule has 5 nitrogen and oxygen atoms in total. The van der Waals surface area contributed by atoms with Gasteiger partial charge in [0.1, 0.15) is 0 Å². The minimum Gasteiger partial charge on any atom is -0.504 e. The van der Waals surface area contributed by atoms with Gasteiger partial charge in [-0.3, -0.25) is 9.59 Å². The molecule has 0 atom stereocenters. The van der Waals surface area contributed by atoms with Crippen molar-refractivity contribution in [2.75, 3.05) is 13.9 Å². The largest absolute Gasteiger partial charge is 0.504 e. The van der Waals surface area contributed by atoms with Gasteiger partial charge in [0.05, 0.1) is 12.0 Å². The predicted molar refractivity (Wildman–Crippen MR) is 85.1 cm³/mol. The van der Waals surface area contributed by atoms with Crippen molar-refractivity contribution < 1.29 is 24.2 Å². The molecule has 2 aromatic carbocycles. The standard InChI is InChI=1S/C18H18O5/c1-12-8-9-14(17(21)18(12)23-11-22-2)16(20)10-15(19)13-6-4-3-5-7-13/h3-9,21H,10-11H2,1-2H3. The number of rotatable bonds is 7. The maximum Gasteiger partial charge on any atom is 0.188 e. The summed E-state index contributed by atoms with van der Waals surface area (Å²) in [5, 5.41) is 10.2. The lowest BCUT2D eigenvalue weighted by molar-refractivity contribution is 0.0485. The van der Waals surface area contributed by atoms with Crippen molar-refractivity contribution in [2.45, 2.75) is 13.3 Å². The number of phenolic OH excluding ortho intramolecular Hbond substituents is 1. The van der Waals surface area contributed by atoms with E-state index in [9.17, 15) is 14.7 Å². The van der Waals surface area contributed by atoms with E-state index in [2.05, 4.69) is 0 Å². The first-order chi connectivity index (χ1) is 11.0. The first kappa shape index (κ1) is 16.7. The second-order valence-corrected chi connectivity index (χ2v) is 5.05. The third-order valence-electron chi connectivity index (χ3n) is 3.37. The normalized spacial score (nSPS) is 10.3. The zero-order valence-electron chi connectivity index (χ0n) is 13.0. The number of methoxy groups -OCH3 is 1. The summed E-state index contributed by atoms with van der Waals surface area (Å²) in [6.45, 7) is 1.70. The average molecular weight is 314 g/mol. The topological polar surface area (TPSA) is 72.8 Å². The molecule has 0 saturated heterocycles. The van der Waals surface area contributed by atoms with Crippen molar-refractivity contribution in [3.8, 4) is 11.5 Å². The predicted octanol–water partition coefficient (Wildman–Crippen LogP) is 3.14. The highest BCUT2D eigenvalue weighted by Crippen LogP contribution is 2.34. The number of aromatic hydroxyl groups is 1. The summed E-state index contributed by atoms with van der Waals surface area (Å²) in [7, 11) is 1.46. The molecular formula is C18H18O5. The molecule has 0 aliphatic carbocycles. The number of aryl methyl sites for hydroxylation is 1. The molecule has 0 heterocycles. The van der Waals surface area contributed by atoms with Gasteiger partial charge < -0.3 is 14.6 Å². The molecule has 1 N–H and O–H groups in total. The Morgan fingerprint density at radius 1 is 1.04 bits per heavy atom. The van der Waals surface area contributed by atoms with Crippen LogP contribution in [0.3, 0.4) is 0 Å². The molecule has 5 heteroatoms. The van der Waals surface area contributed by atoms with Crippen LogP contribution < -0.4 is 4.74 Å². The number of hydrogen-bond donors (Lipinski definition) is 1. The van der Waals surface area contributed by atoms with E-state index in [4.69, 9.17) is 9.47 Å². The zero-order chi connectivity index (χ0) is 16.8. The molecular weight excluding hydrogens is 296 g/mol. The Bertz CT molecular complexity index is 707. The Kier molecular flexibility index (Phi) is 5.49. The van der Waals surface area contributed by atoms with Crippen molar-refractivity contribution in [1.29, 1.82) is 0 Å². The van der Waals surface area contributed by atoms with E-state index >= 15 is 0 Å². The van der Waals surface area contributed by atoms with Gasteiger partial charge in [0.25, 0.3) is 0 Å². The van der Waals surface area contributed by atoms with Crippen LogP contribution in [0.15, 0.2) is 42.5 Å². The average Bonchev–Trinajstić information content (AvgIpc) is 2.55. The van der Waals surface area contributed by atoms with Gasteiger partial charge in [0.15, 0.2) is 29.9 Å². The molecule has 2 aromatic rings. The SMILES string of the molecule is COCOc1c(C)ccc(C(=O)CC(=O)c2ccccc2)c1O. The van der Waals surface area contributed by atoms with Gasteiger partial charge in [-0.15, -0.1) is 0 Å². The lowest BCUT2D eigenvalue weighted by atomic mass is 9.99. The fourth-order valence-electron chi connectivity index (χ4n) is 2.16. The molecule has 0 amide bonds. The Morgan fingerprint density at radius 3 is 2.39 bits per heavy atom. The van der Waals surface area contributed by atoms with Gasteiger partial charge in [-0.2, -0.15) is 0 Å². The Morgan fingerprint density at radius 2 is 1.74 bits per heavy atom. The Hall–Kier alpha value is -2.66. The monoisotopic (exact) mass is 314 g/mol. The molecule has 0 aromatic heterocycles. The van der Waals surface area contributed by atoms with Gasteiger partial charge in [-0.05, 0) is 18.6 Å². The number of Topliss-reactive ketones (excluding diaryl/α,β-unsaturated/α-hetero) is 2. The third kappa shape index (κ3) is 3.96. The van der Waals surface area contributed by atoms with Crippen LogP contribution in [0.1, 0.15) is 32.7 Å². The molecule has 0 saturated carbocycles. The zero-order valence-corrected chi connectivity index (χ0v) is 13.0. The number of ketones is 2. The fraction of sp³-hybridized carbons (Fsp3) is 0.222. The van der Waals surface area contributed by atoms with Gasteiger partial charge in [0, 0.05) is 12.7 Å². The number of carbonyl (C=O) groups is 2. The summed E-state index contributed by atoms with van der Waals surface area (Å²) in [5.41, 5.74) is 1.19. The summed E-state index contributed by atoms with van der Waals surface area (Å²) in [6, 6.07) is 11.7. The molecule has 120 valence electrons. The molecule has 0 bridgehead atoms. The first-order valence-electron chi connectivity index (χ1n) is 7.10. The highest BCUT2D eigenvalue weighted by Gasteiger charge is 2.20. The van der Waals surface area contributed by atoms with Crippen molar-refractivity contribution in [3.63, 3.8) is 0 Å². The molecule has 2 rings (SSSR count). The van der Waals surface area contributed by atoms with E-state index in [1.165, 1.54) is 13.2 Å². The van der Waals surface area contributed by atoms with Crippen LogP contribution in [0, 0.1) is 6.92 Å². The molecule has 0 fully saturated rings. The molecule has 0 radical (unpaired) electrons. The number of carbonyl (C=O) groups excluding carboxylic acids is 2. The van der Waals surface area contributed by atoms with Crippen molar-refractivity contribution in [3.05, 3.63) is 59.2 Å². The molecule has 0 unspecified atom stereocenters. The van der Waals surface area contributed by atoms with Crippen molar-refractivity contribution in [1.82, 2.24) is 0 Å². The van der Waals surface area contributed by atoms with E-state index in [1.807, 2.05) is 0 Å². The summed E-state index contributed by atoms with van der Waals surface area (Å²) < 4.78 is 10.1. The van der Waals surface area contributed by atoms with Gasteiger partial charge in [-0.25, -0.2) is 0 Å². The molecule has 0 spiro atoms. The maximum atomic E-state index is 12.3. The van der Waals surface area contributed by atoms with Crippen LogP contribution in [0.5, 0.6) is 11.5 Å².